The van der Waals surface area contributed by atoms with Crippen molar-refractivity contribution in [1.29, 1.82) is 0 Å². The zero-order chi connectivity index (χ0) is 26.3. The summed E-state index contributed by atoms with van der Waals surface area (Å²) in [5.41, 5.74) is 3.42. The third-order valence-electron chi connectivity index (χ3n) is 5.64. The summed E-state index contributed by atoms with van der Waals surface area (Å²) in [6.45, 7) is 9.74. The van der Waals surface area contributed by atoms with Gasteiger partial charge in [-0.2, -0.15) is 0 Å². The highest BCUT2D eigenvalue weighted by atomic mass is 32.1. The smallest absolute Gasteiger partial charge is 0.412 e. The molecule has 7 nitrogen and oxygen atoms in total. The molecule has 2 aromatic carbocycles. The minimum Gasteiger partial charge on any atom is -0.444 e. The third kappa shape index (κ3) is 8.28. The number of carbonyl (C=O) groups excluding carboxylic acids is 2. The Kier molecular flexibility index (Phi) is 8.76. The largest absolute Gasteiger partial charge is 0.444 e. The van der Waals surface area contributed by atoms with Crippen LogP contribution in [0.3, 0.4) is 0 Å². The molecule has 8 heteroatoms. The van der Waals surface area contributed by atoms with Crippen LogP contribution in [0.4, 0.5) is 16.2 Å². The molecule has 37 heavy (non-hydrogen) atoms. The minimum atomic E-state index is -0.634. The fourth-order valence-electron chi connectivity index (χ4n) is 3.86. The van der Waals surface area contributed by atoms with Crippen LogP contribution >= 0.6 is 11.3 Å². The highest BCUT2D eigenvalue weighted by Crippen LogP contribution is 2.32. The molecule has 1 aromatic heterocycles. The van der Waals surface area contributed by atoms with Gasteiger partial charge in [0.05, 0.1) is 24.6 Å². The van der Waals surface area contributed by atoms with Gasteiger partial charge in [-0.3, -0.25) is 15.0 Å². The first-order chi connectivity index (χ1) is 17.7. The molecule has 0 aliphatic carbocycles. The van der Waals surface area contributed by atoms with Crippen LogP contribution in [0, 0.1) is 0 Å². The Hall–Kier alpha value is -3.46. The second-order valence-electron chi connectivity index (χ2n) is 9.82. The van der Waals surface area contributed by atoms with Crippen LogP contribution in [0.15, 0.2) is 66.1 Å². The van der Waals surface area contributed by atoms with E-state index in [1.807, 2.05) is 41.8 Å². The van der Waals surface area contributed by atoms with Crippen molar-refractivity contribution in [3.63, 3.8) is 0 Å². The molecule has 0 radical (unpaired) electrons. The van der Waals surface area contributed by atoms with Crippen LogP contribution in [-0.4, -0.2) is 48.8 Å². The Labute approximate surface area is 222 Å². The summed E-state index contributed by atoms with van der Waals surface area (Å²) < 4.78 is 10.8. The van der Waals surface area contributed by atoms with E-state index in [0.717, 1.165) is 48.9 Å². The summed E-state index contributed by atoms with van der Waals surface area (Å²) in [6.07, 6.45) is 2.68. The number of hydrogen-bond donors (Lipinski definition) is 2. The SMILES string of the molecule is CC(C)(C)OC(=O)Nc1ccc(-c2cccs2)cc1NC(=O)/C=C/c1ccc(CN2CCOCC2)cc1. The fraction of sp³-hybridized carbons (Fsp3) is 0.310. The van der Waals surface area contributed by atoms with Crippen LogP contribution < -0.4 is 10.6 Å². The van der Waals surface area contributed by atoms with Crippen molar-refractivity contribution in [2.75, 3.05) is 36.9 Å². The predicted octanol–water partition coefficient (Wildman–Crippen LogP) is 6.25. The normalized spacial score (nSPS) is 14.5. The minimum absolute atomic E-state index is 0.298. The maximum absolute atomic E-state index is 12.8. The quantitative estimate of drug-likeness (QED) is 0.361. The molecule has 1 saturated heterocycles. The molecule has 1 fully saturated rings. The monoisotopic (exact) mass is 519 g/mol. The van der Waals surface area contributed by atoms with Gasteiger partial charge in [0, 0.05) is 30.6 Å². The number of anilines is 2. The Bertz CT molecular complexity index is 1230. The van der Waals surface area contributed by atoms with Crippen molar-refractivity contribution in [2.45, 2.75) is 32.9 Å². The number of thiophene rings is 1. The zero-order valence-electron chi connectivity index (χ0n) is 21.5. The first-order valence-corrected chi connectivity index (χ1v) is 13.2. The van der Waals surface area contributed by atoms with Gasteiger partial charge in [0.2, 0.25) is 5.91 Å². The summed E-state index contributed by atoms with van der Waals surface area (Å²) in [5.74, 6) is -0.298. The predicted molar refractivity (Wildman–Crippen MR) is 150 cm³/mol. The van der Waals surface area contributed by atoms with Gasteiger partial charge >= 0.3 is 6.09 Å². The Morgan fingerprint density at radius 3 is 2.46 bits per heavy atom. The molecule has 1 aliphatic heterocycles. The van der Waals surface area contributed by atoms with E-state index in [1.54, 1.807) is 44.3 Å². The molecule has 2 amide bonds. The number of rotatable bonds is 7. The molecule has 194 valence electrons. The van der Waals surface area contributed by atoms with Gasteiger partial charge in [-0.15, -0.1) is 11.3 Å². The molecule has 0 unspecified atom stereocenters. The van der Waals surface area contributed by atoms with E-state index in [2.05, 4.69) is 27.7 Å². The van der Waals surface area contributed by atoms with E-state index in [4.69, 9.17) is 9.47 Å². The van der Waals surface area contributed by atoms with Crippen LogP contribution in [0.2, 0.25) is 0 Å². The number of nitrogens with one attached hydrogen (secondary N) is 2. The molecule has 4 rings (SSSR count). The molecule has 1 aliphatic rings. The third-order valence-corrected chi connectivity index (χ3v) is 6.55. The van der Waals surface area contributed by atoms with E-state index >= 15 is 0 Å². The van der Waals surface area contributed by atoms with Gasteiger partial charge in [0.25, 0.3) is 0 Å². The van der Waals surface area contributed by atoms with E-state index in [-0.39, 0.29) is 5.91 Å². The van der Waals surface area contributed by atoms with Crippen molar-refractivity contribution < 1.29 is 19.1 Å². The van der Waals surface area contributed by atoms with E-state index < -0.39 is 11.7 Å². The molecule has 2 heterocycles. The Morgan fingerprint density at radius 2 is 1.78 bits per heavy atom. The number of nitrogens with zero attached hydrogens (tertiary/aromatic N) is 1. The summed E-state index contributed by atoms with van der Waals surface area (Å²) in [6, 6.07) is 17.7. The second-order valence-corrected chi connectivity index (χ2v) is 10.8. The number of amides is 2. The number of ether oxygens (including phenoxy) is 2. The van der Waals surface area contributed by atoms with Gasteiger partial charge in [0.15, 0.2) is 0 Å². The molecule has 2 N–H and O–H groups in total. The first kappa shape index (κ1) is 26.6. The number of carbonyl (C=O) groups is 2. The maximum Gasteiger partial charge on any atom is 0.412 e. The van der Waals surface area contributed by atoms with E-state index in [9.17, 15) is 9.59 Å². The Balaban J connectivity index is 1.44. The zero-order valence-corrected chi connectivity index (χ0v) is 22.3. The number of morpholine rings is 1. The highest BCUT2D eigenvalue weighted by Gasteiger charge is 2.18. The van der Waals surface area contributed by atoms with Crippen molar-refractivity contribution in [3.05, 3.63) is 77.2 Å². The van der Waals surface area contributed by atoms with E-state index in [0.29, 0.717) is 11.4 Å². The average molecular weight is 520 g/mol. The van der Waals surface area contributed by atoms with Gasteiger partial charge < -0.3 is 14.8 Å². The maximum atomic E-state index is 12.8. The summed E-state index contributed by atoms with van der Waals surface area (Å²) >= 11 is 1.60. The summed E-state index contributed by atoms with van der Waals surface area (Å²) in [5, 5.41) is 7.65. The fourth-order valence-corrected chi connectivity index (χ4v) is 4.59. The number of benzene rings is 2. The summed E-state index contributed by atoms with van der Waals surface area (Å²) in [7, 11) is 0. The van der Waals surface area contributed by atoms with Crippen LogP contribution in [0.1, 0.15) is 31.9 Å². The molecule has 0 saturated carbocycles. The Morgan fingerprint density at radius 1 is 1.03 bits per heavy atom. The number of hydrogen-bond acceptors (Lipinski definition) is 6. The summed E-state index contributed by atoms with van der Waals surface area (Å²) in [4.78, 5) is 28.6. The van der Waals surface area contributed by atoms with Crippen LogP contribution in [0.5, 0.6) is 0 Å². The molecular formula is C29H33N3O4S. The van der Waals surface area contributed by atoms with Crippen molar-refractivity contribution >= 4 is 40.8 Å². The lowest BCUT2D eigenvalue weighted by molar-refractivity contribution is -0.111. The van der Waals surface area contributed by atoms with Crippen LogP contribution in [-0.2, 0) is 20.8 Å². The van der Waals surface area contributed by atoms with Crippen LogP contribution in [0.25, 0.3) is 16.5 Å². The second kappa shape index (κ2) is 12.2. The highest BCUT2D eigenvalue weighted by molar-refractivity contribution is 7.13. The average Bonchev–Trinajstić information content (AvgIpc) is 3.39. The van der Waals surface area contributed by atoms with Crippen molar-refractivity contribution in [3.8, 4) is 10.4 Å². The lowest BCUT2D eigenvalue weighted by atomic mass is 10.1. The van der Waals surface area contributed by atoms with E-state index in [1.165, 1.54) is 11.6 Å². The molecular weight excluding hydrogens is 486 g/mol. The van der Waals surface area contributed by atoms with Crippen molar-refractivity contribution in [1.82, 2.24) is 4.90 Å². The lowest BCUT2D eigenvalue weighted by Gasteiger charge is -2.26. The molecule has 0 spiro atoms. The van der Waals surface area contributed by atoms with Gasteiger partial charge in [-0.25, -0.2) is 4.79 Å². The van der Waals surface area contributed by atoms with Gasteiger partial charge in [0.1, 0.15) is 5.60 Å². The van der Waals surface area contributed by atoms with Gasteiger partial charge in [-0.1, -0.05) is 36.4 Å². The molecule has 0 bridgehead atoms. The van der Waals surface area contributed by atoms with Crippen molar-refractivity contribution in [2.24, 2.45) is 0 Å². The first-order valence-electron chi connectivity index (χ1n) is 12.3. The molecule has 0 atom stereocenters. The topological polar surface area (TPSA) is 79.9 Å². The van der Waals surface area contributed by atoms with Gasteiger partial charge in [-0.05, 0) is 67.1 Å². The standard InChI is InChI=1S/C29H33N3O4S/c1-29(2,3)36-28(34)31-24-12-11-23(26-5-4-18-37-26)19-25(24)30-27(33)13-10-21-6-8-22(9-7-21)20-32-14-16-35-17-15-32/h4-13,18-19H,14-17,20H2,1-3H3,(H,30,33)(H,31,34)/b13-10+. The molecule has 3 aromatic rings. The lowest BCUT2D eigenvalue weighted by Crippen LogP contribution is -2.35.